The third-order valence-corrected chi connectivity index (χ3v) is 4.60. The lowest BCUT2D eigenvalue weighted by molar-refractivity contribution is -0.121. The fourth-order valence-corrected chi connectivity index (χ4v) is 3.18. The van der Waals surface area contributed by atoms with Crippen LogP contribution in [-0.4, -0.2) is 62.0 Å². The molecule has 2 aliphatic rings. The van der Waals surface area contributed by atoms with Gasteiger partial charge in [-0.05, 0) is 19.8 Å². The molecule has 0 spiro atoms. The van der Waals surface area contributed by atoms with Crippen molar-refractivity contribution in [1.29, 1.82) is 5.26 Å². The zero-order chi connectivity index (χ0) is 16.5. The predicted octanol–water partition coefficient (Wildman–Crippen LogP) is 1.37. The summed E-state index contributed by atoms with van der Waals surface area (Å²) in [5, 5.41) is 12.2. The van der Waals surface area contributed by atoms with E-state index in [0.29, 0.717) is 18.3 Å². The molecule has 6 heteroatoms. The second-order valence-electron chi connectivity index (χ2n) is 6.37. The van der Waals surface area contributed by atoms with Crippen LogP contribution in [0.4, 0.5) is 0 Å². The van der Waals surface area contributed by atoms with Gasteiger partial charge in [-0.1, -0.05) is 19.3 Å². The molecule has 1 saturated carbocycles. The van der Waals surface area contributed by atoms with Crippen LogP contribution in [0.3, 0.4) is 0 Å². The van der Waals surface area contributed by atoms with Gasteiger partial charge in [0.1, 0.15) is 0 Å². The van der Waals surface area contributed by atoms with Gasteiger partial charge in [0.15, 0.2) is 5.92 Å². The number of rotatable bonds is 6. The van der Waals surface area contributed by atoms with Crippen LogP contribution in [0, 0.1) is 17.2 Å². The molecule has 1 N–H and O–H groups in total. The van der Waals surface area contributed by atoms with E-state index in [1.54, 1.807) is 0 Å². The second-order valence-corrected chi connectivity index (χ2v) is 6.37. The van der Waals surface area contributed by atoms with E-state index < -0.39 is 5.92 Å². The van der Waals surface area contributed by atoms with Crippen LogP contribution in [0.25, 0.3) is 0 Å². The Morgan fingerprint density at radius 3 is 2.70 bits per heavy atom. The molecule has 1 aliphatic heterocycles. The van der Waals surface area contributed by atoms with Crippen molar-refractivity contribution in [2.45, 2.75) is 45.1 Å². The number of morpholine rings is 1. The lowest BCUT2D eigenvalue weighted by Crippen LogP contribution is -2.43. The van der Waals surface area contributed by atoms with E-state index in [4.69, 9.17) is 4.74 Å². The Morgan fingerprint density at radius 2 is 2.04 bits per heavy atom. The van der Waals surface area contributed by atoms with E-state index >= 15 is 0 Å². The molecular formula is C17H28N4O2. The average Bonchev–Trinajstić information content (AvgIpc) is 2.57. The third kappa shape index (κ3) is 5.92. The van der Waals surface area contributed by atoms with Crippen molar-refractivity contribution in [3.63, 3.8) is 0 Å². The number of nitrogens with one attached hydrogen (secondary N) is 1. The SMILES string of the molecule is CC(=NC1CCCCC1)C(C#N)C(=O)NCCN1CCOCC1. The summed E-state index contributed by atoms with van der Waals surface area (Å²) in [7, 11) is 0. The zero-order valence-corrected chi connectivity index (χ0v) is 14.1. The fourth-order valence-electron chi connectivity index (χ4n) is 3.18. The quantitative estimate of drug-likeness (QED) is 0.750. The second kappa shape index (κ2) is 9.64. The summed E-state index contributed by atoms with van der Waals surface area (Å²) in [6, 6.07) is 2.40. The summed E-state index contributed by atoms with van der Waals surface area (Å²) in [5.41, 5.74) is 0.656. The van der Waals surface area contributed by atoms with E-state index in [1.165, 1.54) is 19.3 Å². The van der Waals surface area contributed by atoms with Crippen LogP contribution in [0.1, 0.15) is 39.0 Å². The smallest absolute Gasteiger partial charge is 0.243 e. The van der Waals surface area contributed by atoms with Gasteiger partial charge in [-0.3, -0.25) is 14.7 Å². The first-order valence-corrected chi connectivity index (χ1v) is 8.72. The highest BCUT2D eigenvalue weighted by Gasteiger charge is 2.23. The Kier molecular flexibility index (Phi) is 7.50. The van der Waals surface area contributed by atoms with Gasteiger partial charge in [0.25, 0.3) is 0 Å². The summed E-state index contributed by atoms with van der Waals surface area (Å²) in [4.78, 5) is 19.1. The minimum Gasteiger partial charge on any atom is -0.379 e. The van der Waals surface area contributed by atoms with Crippen molar-refractivity contribution < 1.29 is 9.53 Å². The molecule has 0 aromatic rings. The van der Waals surface area contributed by atoms with Crippen molar-refractivity contribution >= 4 is 11.6 Å². The van der Waals surface area contributed by atoms with Crippen molar-refractivity contribution in [3.05, 3.63) is 0 Å². The standard InChI is InChI=1S/C17H28N4O2/c1-14(20-15-5-3-2-4-6-15)16(13-18)17(22)19-7-8-21-9-11-23-12-10-21/h15-16H,2-12H2,1H3,(H,19,22). The van der Waals surface area contributed by atoms with Crippen molar-refractivity contribution in [2.75, 3.05) is 39.4 Å². The first-order chi connectivity index (χ1) is 11.2. The monoisotopic (exact) mass is 320 g/mol. The number of amides is 1. The summed E-state index contributed by atoms with van der Waals surface area (Å²) in [6.45, 7) is 6.48. The lowest BCUT2D eigenvalue weighted by atomic mass is 9.95. The number of hydrogen-bond donors (Lipinski definition) is 1. The van der Waals surface area contributed by atoms with Crippen LogP contribution in [0.5, 0.6) is 0 Å². The van der Waals surface area contributed by atoms with Crippen LogP contribution in [0.15, 0.2) is 4.99 Å². The van der Waals surface area contributed by atoms with Crippen molar-refractivity contribution in [3.8, 4) is 6.07 Å². The first kappa shape index (κ1) is 17.9. The highest BCUT2D eigenvalue weighted by molar-refractivity contribution is 6.05. The molecule has 1 amide bonds. The van der Waals surface area contributed by atoms with Crippen LogP contribution in [0.2, 0.25) is 0 Å². The van der Waals surface area contributed by atoms with Crippen LogP contribution in [-0.2, 0) is 9.53 Å². The van der Waals surface area contributed by atoms with E-state index in [0.717, 1.165) is 45.7 Å². The molecule has 2 rings (SSSR count). The largest absolute Gasteiger partial charge is 0.379 e. The molecule has 128 valence electrons. The Balaban J connectivity index is 1.77. The van der Waals surface area contributed by atoms with Crippen molar-refractivity contribution in [1.82, 2.24) is 10.2 Å². The highest BCUT2D eigenvalue weighted by Crippen LogP contribution is 2.21. The van der Waals surface area contributed by atoms with E-state index in [2.05, 4.69) is 21.3 Å². The minimum absolute atomic E-state index is 0.224. The number of aliphatic imine (C=N–C) groups is 1. The summed E-state index contributed by atoms with van der Waals surface area (Å²) in [6.07, 6.45) is 5.83. The molecule has 6 nitrogen and oxygen atoms in total. The maximum Gasteiger partial charge on any atom is 0.243 e. The van der Waals surface area contributed by atoms with E-state index in [1.807, 2.05) is 6.92 Å². The average molecular weight is 320 g/mol. The summed E-state index contributed by atoms with van der Waals surface area (Å²) in [5.74, 6) is -0.987. The molecule has 0 aromatic heterocycles. The maximum absolute atomic E-state index is 12.2. The molecule has 1 atom stereocenters. The normalized spacial score (nSPS) is 22.3. The van der Waals surface area contributed by atoms with Gasteiger partial charge in [0.05, 0.1) is 19.3 Å². The fraction of sp³-hybridized carbons (Fsp3) is 0.824. The third-order valence-electron chi connectivity index (χ3n) is 4.60. The molecule has 1 saturated heterocycles. The van der Waals surface area contributed by atoms with Gasteiger partial charge >= 0.3 is 0 Å². The predicted molar refractivity (Wildman–Crippen MR) is 89.4 cm³/mol. The molecule has 0 radical (unpaired) electrons. The van der Waals surface area contributed by atoms with Gasteiger partial charge in [0.2, 0.25) is 5.91 Å². The molecule has 2 fully saturated rings. The van der Waals surface area contributed by atoms with Gasteiger partial charge in [-0.25, -0.2) is 0 Å². The molecule has 23 heavy (non-hydrogen) atoms. The van der Waals surface area contributed by atoms with Crippen molar-refractivity contribution in [2.24, 2.45) is 10.9 Å². The maximum atomic E-state index is 12.2. The topological polar surface area (TPSA) is 77.7 Å². The highest BCUT2D eigenvalue weighted by atomic mass is 16.5. The van der Waals surface area contributed by atoms with E-state index in [9.17, 15) is 10.1 Å². The minimum atomic E-state index is -0.762. The molecular weight excluding hydrogens is 292 g/mol. The number of nitriles is 1. The van der Waals surface area contributed by atoms with Crippen LogP contribution >= 0.6 is 0 Å². The molecule has 1 aliphatic carbocycles. The lowest BCUT2D eigenvalue weighted by Gasteiger charge is -2.26. The Hall–Kier alpha value is -1.45. The zero-order valence-electron chi connectivity index (χ0n) is 14.1. The van der Waals surface area contributed by atoms with Gasteiger partial charge in [-0.2, -0.15) is 5.26 Å². The van der Waals surface area contributed by atoms with Gasteiger partial charge in [-0.15, -0.1) is 0 Å². The Morgan fingerprint density at radius 1 is 1.35 bits per heavy atom. The number of nitrogens with zero attached hydrogens (tertiary/aromatic N) is 3. The Bertz CT molecular complexity index is 446. The van der Waals surface area contributed by atoms with Crippen LogP contribution < -0.4 is 5.32 Å². The van der Waals surface area contributed by atoms with Gasteiger partial charge in [0, 0.05) is 37.9 Å². The number of carbonyl (C=O) groups is 1. The molecule has 1 heterocycles. The number of hydrogen-bond acceptors (Lipinski definition) is 5. The number of carbonyl (C=O) groups excluding carboxylic acids is 1. The molecule has 0 bridgehead atoms. The first-order valence-electron chi connectivity index (χ1n) is 8.72. The summed E-state index contributed by atoms with van der Waals surface area (Å²) < 4.78 is 5.30. The van der Waals surface area contributed by atoms with E-state index in [-0.39, 0.29) is 5.91 Å². The van der Waals surface area contributed by atoms with Gasteiger partial charge < -0.3 is 10.1 Å². The summed E-state index contributed by atoms with van der Waals surface area (Å²) >= 11 is 0. The number of ether oxygens (including phenoxy) is 1. The molecule has 0 aromatic carbocycles. The Labute approximate surface area is 138 Å². The molecule has 1 unspecified atom stereocenters.